The normalized spacial score (nSPS) is 10.3. The molecule has 0 atom stereocenters. The molecule has 0 saturated heterocycles. The largest absolute Gasteiger partial charge is 0.450 e. The van der Waals surface area contributed by atoms with Crippen molar-refractivity contribution in [3.05, 3.63) is 57.7 Å². The number of nitroso groups, excluding NO2 is 1. The highest BCUT2D eigenvalue weighted by Gasteiger charge is 2.14. The number of benzene rings is 1. The maximum atomic E-state index is 13.6. The van der Waals surface area contributed by atoms with Crippen LogP contribution in [0, 0.1) is 16.5 Å². The summed E-state index contributed by atoms with van der Waals surface area (Å²) in [5, 5.41) is 2.80. The molecule has 0 unspecified atom stereocenters. The van der Waals surface area contributed by atoms with Gasteiger partial charge in [-0.25, -0.2) is 13.8 Å². The molecule has 4 nitrogen and oxygen atoms in total. The lowest BCUT2D eigenvalue weighted by Crippen LogP contribution is -1.95. The van der Waals surface area contributed by atoms with Crippen LogP contribution in [0.15, 0.2) is 35.6 Å². The lowest BCUT2D eigenvalue weighted by Gasteiger charge is -2.08. The van der Waals surface area contributed by atoms with Gasteiger partial charge in [0.25, 0.3) is 0 Å². The van der Waals surface area contributed by atoms with Crippen molar-refractivity contribution < 1.29 is 13.5 Å². The first-order chi connectivity index (χ1) is 9.10. The highest BCUT2D eigenvalue weighted by atomic mass is 35.5. The summed E-state index contributed by atoms with van der Waals surface area (Å²) < 4.78 is 32.3. The smallest absolute Gasteiger partial charge is 0.198 e. The lowest BCUT2D eigenvalue weighted by molar-refractivity contribution is 0.405. The topological polar surface area (TPSA) is 51.5 Å². The van der Waals surface area contributed by atoms with E-state index >= 15 is 0 Å². The van der Waals surface area contributed by atoms with E-state index in [4.69, 9.17) is 16.3 Å². The van der Waals surface area contributed by atoms with E-state index < -0.39 is 17.4 Å². The summed E-state index contributed by atoms with van der Waals surface area (Å²) in [7, 11) is 0. The number of hydrogen-bond donors (Lipinski definition) is 0. The van der Waals surface area contributed by atoms with Gasteiger partial charge in [0.05, 0.1) is 6.20 Å². The molecule has 0 bridgehead atoms. The predicted octanol–water partition coefficient (Wildman–Crippen LogP) is 4.07. The molecule has 1 aromatic heterocycles. The third-order valence-electron chi connectivity index (χ3n) is 2.23. The molecule has 0 spiro atoms. The fraction of sp³-hybridized carbons (Fsp3) is 0.0833. The molecule has 0 radical (unpaired) electrons. The van der Waals surface area contributed by atoms with Crippen molar-refractivity contribution in [3.8, 4) is 11.5 Å². The molecule has 1 heterocycles. The van der Waals surface area contributed by atoms with Gasteiger partial charge in [-0.3, -0.25) is 0 Å². The minimum atomic E-state index is -0.923. The Bertz CT molecular complexity index is 582. The molecular weight excluding hydrogens is 278 g/mol. The maximum absolute atomic E-state index is 13.6. The molecule has 0 aliphatic rings. The maximum Gasteiger partial charge on any atom is 0.198 e. The fourth-order valence-electron chi connectivity index (χ4n) is 1.42. The second-order valence-corrected chi connectivity index (χ2v) is 3.98. The zero-order chi connectivity index (χ0) is 13.8. The number of hydrogen-bond acceptors (Lipinski definition) is 4. The second-order valence-electron chi connectivity index (χ2n) is 3.59. The van der Waals surface area contributed by atoms with Crippen LogP contribution in [0.1, 0.15) is 5.56 Å². The predicted molar refractivity (Wildman–Crippen MR) is 65.2 cm³/mol. The summed E-state index contributed by atoms with van der Waals surface area (Å²) in [6.07, 6.45) is 1.24. The highest BCUT2D eigenvalue weighted by molar-refractivity contribution is 6.29. The van der Waals surface area contributed by atoms with Gasteiger partial charge >= 0.3 is 0 Å². The van der Waals surface area contributed by atoms with Crippen LogP contribution in [0.2, 0.25) is 5.15 Å². The van der Waals surface area contributed by atoms with Gasteiger partial charge in [-0.1, -0.05) is 16.8 Å². The first-order valence-electron chi connectivity index (χ1n) is 5.16. The fourth-order valence-corrected chi connectivity index (χ4v) is 1.53. The van der Waals surface area contributed by atoms with Crippen LogP contribution in [0.25, 0.3) is 0 Å². The molecule has 98 valence electrons. The van der Waals surface area contributed by atoms with Gasteiger partial charge in [-0.05, 0) is 29.8 Å². The minimum absolute atomic E-state index is 0.131. The number of rotatable bonds is 4. The molecule has 0 amide bonds. The van der Waals surface area contributed by atoms with Crippen LogP contribution in [-0.2, 0) is 6.54 Å². The summed E-state index contributed by atoms with van der Waals surface area (Å²) in [5.41, 5.74) is 0.131. The van der Waals surface area contributed by atoms with Gasteiger partial charge in [0.15, 0.2) is 17.4 Å². The van der Waals surface area contributed by atoms with Gasteiger partial charge in [-0.2, -0.15) is 4.91 Å². The van der Waals surface area contributed by atoms with Crippen LogP contribution in [0.3, 0.4) is 0 Å². The molecule has 0 saturated carbocycles. The van der Waals surface area contributed by atoms with Crippen LogP contribution in [0.4, 0.5) is 8.78 Å². The van der Waals surface area contributed by atoms with Gasteiger partial charge in [-0.15, -0.1) is 0 Å². The van der Waals surface area contributed by atoms with Crippen molar-refractivity contribution in [2.75, 3.05) is 0 Å². The Hall–Kier alpha value is -2.08. The van der Waals surface area contributed by atoms with E-state index in [1.54, 1.807) is 0 Å². The molecule has 0 aliphatic heterocycles. The standard InChI is InChI=1S/C12H7ClF2N2O2/c13-11-2-1-8(6-16-11)19-12-9(14)3-7(5-17-18)4-10(12)15/h1-4,6H,5H2. The number of ether oxygens (including phenoxy) is 1. The Morgan fingerprint density at radius 1 is 1.26 bits per heavy atom. The third kappa shape index (κ3) is 3.23. The molecule has 0 N–H and O–H groups in total. The van der Waals surface area contributed by atoms with Crippen molar-refractivity contribution in [1.29, 1.82) is 0 Å². The summed E-state index contributed by atoms with van der Waals surface area (Å²) in [6, 6.07) is 4.83. The zero-order valence-corrected chi connectivity index (χ0v) is 10.2. The van der Waals surface area contributed by atoms with Crippen LogP contribution in [0.5, 0.6) is 11.5 Å². The average Bonchev–Trinajstić information content (AvgIpc) is 2.36. The Labute approximate surface area is 112 Å². The van der Waals surface area contributed by atoms with Gasteiger partial charge in [0.1, 0.15) is 17.4 Å². The highest BCUT2D eigenvalue weighted by Crippen LogP contribution is 2.28. The average molecular weight is 285 g/mol. The molecule has 0 aliphatic carbocycles. The molecular formula is C12H7ClF2N2O2. The Kier molecular flexibility index (Phi) is 4.01. The summed E-state index contributed by atoms with van der Waals surface area (Å²) in [6.45, 7) is -0.309. The van der Waals surface area contributed by atoms with Crippen molar-refractivity contribution in [3.63, 3.8) is 0 Å². The molecule has 7 heteroatoms. The van der Waals surface area contributed by atoms with E-state index in [-0.39, 0.29) is 23.0 Å². The van der Waals surface area contributed by atoms with Crippen molar-refractivity contribution >= 4 is 11.6 Å². The Balaban J connectivity index is 2.29. The summed E-state index contributed by atoms with van der Waals surface area (Å²) in [5.74, 6) is -2.27. The number of pyridine rings is 1. The van der Waals surface area contributed by atoms with Gasteiger partial charge in [0.2, 0.25) is 0 Å². The SMILES string of the molecule is O=NCc1cc(F)c(Oc2ccc(Cl)nc2)c(F)c1. The number of aromatic nitrogens is 1. The summed E-state index contributed by atoms with van der Waals surface area (Å²) >= 11 is 5.58. The first-order valence-corrected chi connectivity index (χ1v) is 5.54. The van der Waals surface area contributed by atoms with E-state index in [0.717, 1.165) is 12.1 Å². The Morgan fingerprint density at radius 2 is 1.95 bits per heavy atom. The first kappa shape index (κ1) is 13.4. The zero-order valence-electron chi connectivity index (χ0n) is 9.44. The quantitative estimate of drug-likeness (QED) is 0.628. The Morgan fingerprint density at radius 3 is 2.47 bits per heavy atom. The number of halogens is 3. The van der Waals surface area contributed by atoms with E-state index in [1.807, 2.05) is 0 Å². The van der Waals surface area contributed by atoms with Crippen LogP contribution >= 0.6 is 11.6 Å². The minimum Gasteiger partial charge on any atom is -0.450 e. The van der Waals surface area contributed by atoms with E-state index in [0.29, 0.717) is 0 Å². The van der Waals surface area contributed by atoms with Gasteiger partial charge < -0.3 is 4.74 Å². The molecule has 19 heavy (non-hydrogen) atoms. The molecule has 2 aromatic rings. The molecule has 2 rings (SSSR count). The van der Waals surface area contributed by atoms with E-state index in [9.17, 15) is 13.7 Å². The monoisotopic (exact) mass is 284 g/mol. The third-order valence-corrected chi connectivity index (χ3v) is 2.45. The van der Waals surface area contributed by atoms with Gasteiger partial charge in [0, 0.05) is 0 Å². The van der Waals surface area contributed by atoms with Crippen LogP contribution in [-0.4, -0.2) is 4.98 Å². The number of nitrogens with zero attached hydrogens (tertiary/aromatic N) is 2. The van der Waals surface area contributed by atoms with Crippen molar-refractivity contribution in [2.24, 2.45) is 5.18 Å². The second kappa shape index (κ2) is 5.71. The van der Waals surface area contributed by atoms with E-state index in [1.165, 1.54) is 18.3 Å². The molecule has 0 fully saturated rings. The summed E-state index contributed by atoms with van der Waals surface area (Å²) in [4.78, 5) is 13.8. The van der Waals surface area contributed by atoms with E-state index in [2.05, 4.69) is 10.2 Å². The van der Waals surface area contributed by atoms with Crippen LogP contribution < -0.4 is 4.74 Å². The molecule has 1 aromatic carbocycles. The van der Waals surface area contributed by atoms with Crippen molar-refractivity contribution in [1.82, 2.24) is 4.98 Å². The van der Waals surface area contributed by atoms with Crippen molar-refractivity contribution in [2.45, 2.75) is 6.54 Å². The lowest BCUT2D eigenvalue weighted by atomic mass is 10.2.